The molecule has 2 aromatic rings. The molecule has 8 heteroatoms. The summed E-state index contributed by atoms with van der Waals surface area (Å²) in [6.07, 6.45) is 2.39. The van der Waals surface area contributed by atoms with Gasteiger partial charge < -0.3 is 10.8 Å². The summed E-state index contributed by atoms with van der Waals surface area (Å²) in [6, 6.07) is 9.62. The van der Waals surface area contributed by atoms with Gasteiger partial charge in [-0.15, -0.1) is 5.10 Å². The van der Waals surface area contributed by atoms with E-state index in [-0.39, 0.29) is 18.2 Å². The highest BCUT2D eigenvalue weighted by molar-refractivity contribution is 5.73. The molecule has 0 aliphatic carbocycles. The molecule has 2 atom stereocenters. The first kappa shape index (κ1) is 17.6. The average Bonchev–Trinajstić information content (AvgIpc) is 3.08. The van der Waals surface area contributed by atoms with Crippen LogP contribution < -0.4 is 5.73 Å². The molecule has 1 amide bonds. The van der Waals surface area contributed by atoms with E-state index in [0.717, 1.165) is 5.56 Å². The van der Waals surface area contributed by atoms with Crippen molar-refractivity contribution in [3.8, 4) is 0 Å². The van der Waals surface area contributed by atoms with Gasteiger partial charge in [0.05, 0.1) is 5.92 Å². The lowest BCUT2D eigenvalue weighted by Crippen LogP contribution is -2.25. The Morgan fingerprint density at radius 1 is 1.21 bits per heavy atom. The van der Waals surface area contributed by atoms with Crippen LogP contribution in [-0.4, -0.2) is 37.6 Å². The van der Waals surface area contributed by atoms with Crippen molar-refractivity contribution in [1.82, 2.24) is 20.6 Å². The van der Waals surface area contributed by atoms with Gasteiger partial charge >= 0.3 is 5.97 Å². The van der Waals surface area contributed by atoms with Crippen LogP contribution in [0.2, 0.25) is 0 Å². The normalized spacial score (nSPS) is 13.3. The molecule has 0 radical (unpaired) electrons. The van der Waals surface area contributed by atoms with Crippen LogP contribution in [0.15, 0.2) is 30.3 Å². The molecule has 0 fully saturated rings. The molecule has 0 saturated carbocycles. The fourth-order valence-corrected chi connectivity index (χ4v) is 2.78. The number of nitrogens with one attached hydrogen (secondary N) is 1. The number of aliphatic carboxylic acids is 1. The number of primary amides is 1. The summed E-state index contributed by atoms with van der Waals surface area (Å²) in [7, 11) is 0. The summed E-state index contributed by atoms with van der Waals surface area (Å²) in [5.74, 6) is -1.82. The van der Waals surface area contributed by atoms with Crippen LogP contribution >= 0.6 is 0 Å². The van der Waals surface area contributed by atoms with Gasteiger partial charge in [0.25, 0.3) is 0 Å². The van der Waals surface area contributed by atoms with E-state index in [1.54, 1.807) is 0 Å². The quantitative estimate of drug-likeness (QED) is 0.561. The number of aromatic amines is 1. The molecule has 2 rings (SSSR count). The summed E-state index contributed by atoms with van der Waals surface area (Å²) >= 11 is 0. The summed E-state index contributed by atoms with van der Waals surface area (Å²) < 4.78 is 0. The van der Waals surface area contributed by atoms with E-state index in [4.69, 9.17) is 5.73 Å². The van der Waals surface area contributed by atoms with E-state index in [9.17, 15) is 14.7 Å². The number of benzene rings is 1. The van der Waals surface area contributed by atoms with Crippen molar-refractivity contribution >= 4 is 11.9 Å². The SMILES string of the molecule is NC(=O)CCCCC(C(=O)O)[C@H](Cc1ccccc1)c1nnn[nH]1. The molecule has 1 aromatic heterocycles. The van der Waals surface area contributed by atoms with Gasteiger partial charge in [0.1, 0.15) is 0 Å². The lowest BCUT2D eigenvalue weighted by Gasteiger charge is -2.21. The second-order valence-corrected chi connectivity index (χ2v) is 5.74. The Labute approximate surface area is 139 Å². The Hall–Kier alpha value is -2.77. The minimum absolute atomic E-state index is 0.263. The molecule has 0 bridgehead atoms. The third-order valence-corrected chi connectivity index (χ3v) is 4.00. The van der Waals surface area contributed by atoms with Gasteiger partial charge in [0.2, 0.25) is 5.91 Å². The van der Waals surface area contributed by atoms with Crippen molar-refractivity contribution < 1.29 is 14.7 Å². The molecule has 1 unspecified atom stereocenters. The number of carboxylic acid groups (broad SMARTS) is 1. The van der Waals surface area contributed by atoms with Gasteiger partial charge in [-0.3, -0.25) is 9.59 Å². The lowest BCUT2D eigenvalue weighted by molar-refractivity contribution is -0.143. The van der Waals surface area contributed by atoms with Gasteiger partial charge in [-0.1, -0.05) is 36.8 Å². The van der Waals surface area contributed by atoms with Crippen LogP contribution in [0.4, 0.5) is 0 Å². The van der Waals surface area contributed by atoms with E-state index in [1.807, 2.05) is 30.3 Å². The van der Waals surface area contributed by atoms with Crippen LogP contribution in [0.25, 0.3) is 0 Å². The molecule has 0 saturated heterocycles. The van der Waals surface area contributed by atoms with Crippen molar-refractivity contribution in [3.05, 3.63) is 41.7 Å². The highest BCUT2D eigenvalue weighted by Crippen LogP contribution is 2.30. The second-order valence-electron chi connectivity index (χ2n) is 5.74. The van der Waals surface area contributed by atoms with Crippen molar-refractivity contribution in [2.45, 2.75) is 38.0 Å². The molecule has 0 aliphatic rings. The van der Waals surface area contributed by atoms with E-state index in [1.165, 1.54) is 0 Å². The fourth-order valence-electron chi connectivity index (χ4n) is 2.78. The zero-order valence-corrected chi connectivity index (χ0v) is 13.3. The summed E-state index contributed by atoms with van der Waals surface area (Å²) in [4.78, 5) is 22.6. The number of hydrogen-bond donors (Lipinski definition) is 3. The number of H-pyrrole nitrogens is 1. The first-order chi connectivity index (χ1) is 11.6. The second kappa shape index (κ2) is 8.76. The molecule has 0 spiro atoms. The lowest BCUT2D eigenvalue weighted by atomic mass is 9.83. The monoisotopic (exact) mass is 331 g/mol. The smallest absolute Gasteiger partial charge is 0.307 e. The number of amides is 1. The Balaban J connectivity index is 2.12. The van der Waals surface area contributed by atoms with Gasteiger partial charge in [-0.25, -0.2) is 5.10 Å². The molecule has 0 aliphatic heterocycles. The zero-order chi connectivity index (χ0) is 17.4. The highest BCUT2D eigenvalue weighted by Gasteiger charge is 2.31. The Morgan fingerprint density at radius 2 is 1.96 bits per heavy atom. The molecule has 1 heterocycles. The highest BCUT2D eigenvalue weighted by atomic mass is 16.4. The first-order valence-corrected chi connectivity index (χ1v) is 7.86. The van der Waals surface area contributed by atoms with E-state index in [0.29, 0.717) is 31.5 Å². The summed E-state index contributed by atoms with van der Waals surface area (Å²) in [5, 5.41) is 23.4. The molecular weight excluding hydrogens is 310 g/mol. The molecular formula is C16H21N5O3. The van der Waals surface area contributed by atoms with Crippen LogP contribution in [0.5, 0.6) is 0 Å². The number of carbonyl (C=O) groups excluding carboxylic acids is 1. The van der Waals surface area contributed by atoms with Gasteiger partial charge in [0, 0.05) is 12.3 Å². The Bertz CT molecular complexity index is 645. The van der Waals surface area contributed by atoms with Crippen molar-refractivity contribution in [1.29, 1.82) is 0 Å². The summed E-state index contributed by atoms with van der Waals surface area (Å²) in [6.45, 7) is 0. The number of nitrogens with zero attached hydrogens (tertiary/aromatic N) is 3. The molecule has 24 heavy (non-hydrogen) atoms. The van der Waals surface area contributed by atoms with Gasteiger partial charge in [-0.2, -0.15) is 0 Å². The fraction of sp³-hybridized carbons (Fsp3) is 0.438. The van der Waals surface area contributed by atoms with E-state index < -0.39 is 11.9 Å². The topological polar surface area (TPSA) is 135 Å². The van der Waals surface area contributed by atoms with Crippen molar-refractivity contribution in [2.24, 2.45) is 11.7 Å². The van der Waals surface area contributed by atoms with Gasteiger partial charge in [0.15, 0.2) is 5.82 Å². The number of aromatic nitrogens is 4. The molecule has 1 aromatic carbocycles. The summed E-state index contributed by atoms with van der Waals surface area (Å²) in [5.41, 5.74) is 6.14. The van der Waals surface area contributed by atoms with E-state index >= 15 is 0 Å². The van der Waals surface area contributed by atoms with Crippen LogP contribution in [0.1, 0.15) is 43.0 Å². The largest absolute Gasteiger partial charge is 0.481 e. The number of nitrogens with two attached hydrogens (primary N) is 1. The van der Waals surface area contributed by atoms with Crippen LogP contribution in [0, 0.1) is 5.92 Å². The van der Waals surface area contributed by atoms with Gasteiger partial charge in [-0.05, 0) is 35.3 Å². The maximum absolute atomic E-state index is 11.8. The third kappa shape index (κ3) is 5.15. The van der Waals surface area contributed by atoms with Crippen molar-refractivity contribution in [2.75, 3.05) is 0 Å². The number of carboxylic acids is 1. The van der Waals surface area contributed by atoms with E-state index in [2.05, 4.69) is 20.6 Å². The maximum atomic E-state index is 11.8. The maximum Gasteiger partial charge on any atom is 0.307 e. The number of hydrogen-bond acceptors (Lipinski definition) is 5. The standard InChI is InChI=1S/C16H21N5O3/c17-14(22)9-5-4-8-12(16(23)24)13(15-18-20-21-19-15)10-11-6-2-1-3-7-11/h1-3,6-7,12-13H,4-5,8-10H2,(H2,17,22)(H,23,24)(H,18,19,20,21)/t12?,13-/m0/s1. The van der Waals surface area contributed by atoms with Crippen LogP contribution in [0.3, 0.4) is 0 Å². The predicted molar refractivity (Wildman–Crippen MR) is 85.9 cm³/mol. The predicted octanol–water partition coefficient (Wildman–Crippen LogP) is 1.27. The zero-order valence-electron chi connectivity index (χ0n) is 13.3. The Kier molecular flexibility index (Phi) is 6.41. The Morgan fingerprint density at radius 3 is 2.54 bits per heavy atom. The number of rotatable bonds is 10. The van der Waals surface area contributed by atoms with Crippen LogP contribution in [-0.2, 0) is 16.0 Å². The first-order valence-electron chi connectivity index (χ1n) is 7.86. The third-order valence-electron chi connectivity index (χ3n) is 4.00. The van der Waals surface area contributed by atoms with Crippen molar-refractivity contribution in [3.63, 3.8) is 0 Å². The number of tetrazole rings is 1. The number of carbonyl (C=O) groups is 2. The minimum atomic E-state index is -0.897. The molecule has 8 nitrogen and oxygen atoms in total. The molecule has 128 valence electrons. The molecule has 4 N–H and O–H groups in total. The average molecular weight is 331 g/mol. The number of unbranched alkanes of at least 4 members (excludes halogenated alkanes) is 1. The minimum Gasteiger partial charge on any atom is -0.481 e.